The molecule has 4 heterocycles. The smallest absolute Gasteiger partial charge is 0.101 e. The Hall–Kier alpha value is -6.98. The van der Waals surface area contributed by atoms with Gasteiger partial charge in [-0.2, -0.15) is 0 Å². The summed E-state index contributed by atoms with van der Waals surface area (Å²) in [7, 11) is 0. The molecule has 1 unspecified atom stereocenters. The number of benzene rings is 7. The van der Waals surface area contributed by atoms with E-state index < -0.39 is 10.8 Å². The second-order valence-electron chi connectivity index (χ2n) is 27.8. The van der Waals surface area contributed by atoms with Crippen molar-refractivity contribution in [3.05, 3.63) is 240 Å². The molecule has 0 saturated heterocycles. The van der Waals surface area contributed by atoms with Gasteiger partial charge in [0.1, 0.15) is 10.0 Å². The minimum Gasteiger partial charge on any atom is -0.304 e. The van der Waals surface area contributed by atoms with Gasteiger partial charge in [0.25, 0.3) is 0 Å². The second-order valence-corrected chi connectivity index (χ2v) is 29.8. The van der Waals surface area contributed by atoms with Crippen molar-refractivity contribution < 1.29 is 0 Å². The van der Waals surface area contributed by atoms with Crippen LogP contribution in [0.5, 0.6) is 0 Å². The van der Waals surface area contributed by atoms with E-state index in [2.05, 4.69) is 280 Å². The summed E-state index contributed by atoms with van der Waals surface area (Å²) in [6.45, 7) is 30.8. The largest absolute Gasteiger partial charge is 0.304 e. The molecule has 4 aliphatic carbocycles. The highest BCUT2D eigenvalue weighted by Crippen LogP contribution is 2.71. The van der Waals surface area contributed by atoms with Crippen LogP contribution in [0.15, 0.2) is 169 Å². The maximum Gasteiger partial charge on any atom is 0.101 e. The lowest BCUT2D eigenvalue weighted by molar-refractivity contribution is 0.468. The van der Waals surface area contributed by atoms with Crippen molar-refractivity contribution in [3.63, 3.8) is 0 Å². The average molecular weight is 1060 g/mol. The molecule has 0 radical (unpaired) electrons. The van der Waals surface area contributed by atoms with Crippen LogP contribution in [-0.4, -0.2) is 9.13 Å². The first-order valence-corrected chi connectivity index (χ1v) is 30.4. The molecule has 2 spiro atoms. The molecular weight excluding hydrogens is 993 g/mol. The monoisotopic (exact) mass is 1060 g/mol. The van der Waals surface area contributed by atoms with E-state index in [-0.39, 0.29) is 21.7 Å². The second kappa shape index (κ2) is 16.1. The predicted octanol–water partition coefficient (Wildman–Crippen LogP) is 20.7. The molecule has 11 aromatic rings. The summed E-state index contributed by atoms with van der Waals surface area (Å²) in [5.41, 5.74) is 24.7. The van der Waals surface area contributed by atoms with Gasteiger partial charge in [0.15, 0.2) is 0 Å². The maximum absolute atomic E-state index is 2.73. The Morgan fingerprint density at radius 1 is 0.392 bits per heavy atom. The van der Waals surface area contributed by atoms with Crippen LogP contribution in [0.1, 0.15) is 173 Å². The van der Waals surface area contributed by atoms with Crippen LogP contribution in [0.3, 0.4) is 0 Å². The Morgan fingerprint density at radius 3 is 1.13 bits per heavy atom. The van der Waals surface area contributed by atoms with Crippen molar-refractivity contribution in [1.82, 2.24) is 9.13 Å². The standard InChI is InChI=1S/C75H70N2S2/c1-43-36-47(73(11,12)13)40-55-54-39-46(72(8,9)10)32-35-64(54)77(67(43)55)66-42-61-69(79-66)74(56-26-18-14-22-48(56)49-23-15-19-27-57(49)74)60-41-65(78-68(60)75(61)58-28-20-16-24-50(58)51-25-17-21-29-59(51)75)76-62-33-30-44(70(2,3)4)37-52(62)53-38-45(71(5,6)7)31-34-63(53)76/h14-35,37-43H,36H2,1-13H3. The van der Waals surface area contributed by atoms with Crippen LogP contribution >= 0.6 is 22.7 Å². The van der Waals surface area contributed by atoms with Crippen molar-refractivity contribution in [2.45, 2.75) is 129 Å². The van der Waals surface area contributed by atoms with Crippen LogP contribution < -0.4 is 0 Å². The molecule has 0 aliphatic heterocycles. The first kappa shape index (κ1) is 49.1. The van der Waals surface area contributed by atoms with Crippen LogP contribution in [0.2, 0.25) is 0 Å². The lowest BCUT2D eigenvalue weighted by Gasteiger charge is -2.45. The van der Waals surface area contributed by atoms with Crippen LogP contribution in [0, 0.1) is 5.41 Å². The zero-order valence-electron chi connectivity index (χ0n) is 48.2. The first-order chi connectivity index (χ1) is 37.6. The fourth-order valence-corrected chi connectivity index (χ4v) is 17.9. The Bertz CT molecular complexity index is 4160. The number of aromatic nitrogens is 2. The number of hydrogen-bond acceptors (Lipinski definition) is 2. The highest BCUT2D eigenvalue weighted by atomic mass is 32.1. The molecule has 1 atom stereocenters. The zero-order chi connectivity index (χ0) is 54.7. The van der Waals surface area contributed by atoms with E-state index in [0.717, 1.165) is 6.42 Å². The lowest BCUT2D eigenvalue weighted by atomic mass is 9.58. The number of rotatable bonds is 2. The number of nitrogens with zero attached hydrogens (tertiary/aromatic N) is 2. The van der Waals surface area contributed by atoms with Gasteiger partial charge >= 0.3 is 0 Å². The molecule has 0 amide bonds. The van der Waals surface area contributed by atoms with Crippen molar-refractivity contribution in [2.24, 2.45) is 5.41 Å². The molecule has 0 N–H and O–H groups in total. The fraction of sp³-hybridized carbons (Fsp3) is 0.280. The van der Waals surface area contributed by atoms with Crippen molar-refractivity contribution in [2.75, 3.05) is 0 Å². The van der Waals surface area contributed by atoms with Gasteiger partial charge in [0.2, 0.25) is 0 Å². The number of fused-ring (bicyclic) bond motifs is 22. The third-order valence-corrected chi connectivity index (χ3v) is 21.4. The normalized spacial score (nSPS) is 16.8. The number of thiophene rings is 2. The quantitative estimate of drug-likeness (QED) is 0.163. The van der Waals surface area contributed by atoms with E-state index in [1.807, 2.05) is 11.3 Å². The summed E-state index contributed by atoms with van der Waals surface area (Å²) >= 11 is 4.09. The van der Waals surface area contributed by atoms with Crippen LogP contribution in [0.25, 0.3) is 71.0 Å². The molecule has 7 aromatic carbocycles. The summed E-state index contributed by atoms with van der Waals surface area (Å²) in [6, 6.07) is 65.1. The van der Waals surface area contributed by atoms with Crippen LogP contribution in [-0.2, 0) is 27.1 Å². The number of hydrogen-bond donors (Lipinski definition) is 0. The van der Waals surface area contributed by atoms with Gasteiger partial charge in [0, 0.05) is 43.1 Å². The van der Waals surface area contributed by atoms with Crippen molar-refractivity contribution in [1.29, 1.82) is 0 Å². The molecule has 15 rings (SSSR count). The van der Waals surface area contributed by atoms with E-state index in [1.165, 1.54) is 142 Å². The summed E-state index contributed by atoms with van der Waals surface area (Å²) in [5.74, 6) is 0.317. The summed E-state index contributed by atoms with van der Waals surface area (Å²) in [5, 5.41) is 6.54. The van der Waals surface area contributed by atoms with Gasteiger partial charge in [-0.25, -0.2) is 0 Å². The third kappa shape index (κ3) is 6.51. The van der Waals surface area contributed by atoms with E-state index in [9.17, 15) is 0 Å². The number of allylic oxidation sites excluding steroid dienone is 1. The zero-order valence-corrected chi connectivity index (χ0v) is 49.8. The molecule has 79 heavy (non-hydrogen) atoms. The minimum atomic E-state index is -0.613. The van der Waals surface area contributed by atoms with Gasteiger partial charge in [-0.1, -0.05) is 217 Å². The average Bonchev–Trinajstić information content (AvgIpc) is 1.85. The topological polar surface area (TPSA) is 9.86 Å². The highest BCUT2D eigenvalue weighted by molar-refractivity contribution is 7.16. The fourth-order valence-electron chi connectivity index (χ4n) is 14.9. The van der Waals surface area contributed by atoms with Gasteiger partial charge in [-0.15, -0.1) is 22.7 Å². The molecule has 4 aliphatic rings. The summed E-state index contributed by atoms with van der Waals surface area (Å²) in [4.78, 5) is 2.84. The Morgan fingerprint density at radius 2 is 0.747 bits per heavy atom. The lowest BCUT2D eigenvalue weighted by Crippen LogP contribution is -2.41. The molecule has 392 valence electrons. The van der Waals surface area contributed by atoms with Crippen LogP contribution in [0.4, 0.5) is 0 Å². The molecular formula is C75H70N2S2. The molecule has 0 bridgehead atoms. The highest BCUT2D eigenvalue weighted by Gasteiger charge is 2.61. The summed E-state index contributed by atoms with van der Waals surface area (Å²) in [6.07, 6.45) is 3.63. The molecule has 4 heteroatoms. The van der Waals surface area contributed by atoms with Gasteiger partial charge in [-0.3, -0.25) is 0 Å². The van der Waals surface area contributed by atoms with Gasteiger partial charge < -0.3 is 9.13 Å². The van der Waals surface area contributed by atoms with Crippen molar-refractivity contribution >= 4 is 61.5 Å². The molecule has 4 aromatic heterocycles. The van der Waals surface area contributed by atoms with E-state index in [0.29, 0.717) is 5.92 Å². The predicted molar refractivity (Wildman–Crippen MR) is 338 cm³/mol. The molecule has 0 saturated carbocycles. The van der Waals surface area contributed by atoms with Gasteiger partial charge in [-0.05, 0) is 149 Å². The third-order valence-electron chi connectivity index (χ3n) is 19.0. The summed E-state index contributed by atoms with van der Waals surface area (Å²) < 4.78 is 5.37. The Labute approximate surface area is 475 Å². The van der Waals surface area contributed by atoms with E-state index >= 15 is 0 Å². The SMILES string of the molecule is CC1CC(C(C)(C)C)=Cc2c1n(-c1cc3c(s1)C1(c4ccccc4-c4ccccc41)c1cc(-n4c5ccc(C(C)(C)C)cc5c5cc(C(C)(C)C)ccc54)sc1C31c3ccccc3-c3ccccc31)c1ccc(C(C)(C)C)cc21. The first-order valence-electron chi connectivity index (χ1n) is 28.8. The molecule has 2 nitrogen and oxygen atoms in total. The Balaban J connectivity index is 1.11. The maximum atomic E-state index is 2.73. The van der Waals surface area contributed by atoms with Crippen molar-refractivity contribution in [3.8, 4) is 32.3 Å². The van der Waals surface area contributed by atoms with E-state index in [4.69, 9.17) is 0 Å². The van der Waals surface area contributed by atoms with E-state index in [1.54, 1.807) is 0 Å². The minimum absolute atomic E-state index is 0.000466. The van der Waals surface area contributed by atoms with Gasteiger partial charge in [0.05, 0.1) is 27.4 Å². The molecule has 0 fully saturated rings. The Kier molecular flexibility index (Phi) is 10.0.